The fourth-order valence-corrected chi connectivity index (χ4v) is 3.30. The van der Waals surface area contributed by atoms with Gasteiger partial charge in [-0.15, -0.1) is 0 Å². The van der Waals surface area contributed by atoms with Crippen LogP contribution >= 0.6 is 11.6 Å². The van der Waals surface area contributed by atoms with Crippen LogP contribution < -0.4 is 0 Å². The van der Waals surface area contributed by atoms with Gasteiger partial charge in [-0.05, 0) is 56.9 Å². The molecular formula is C17H18ClN3O. The van der Waals surface area contributed by atoms with Gasteiger partial charge in [0.25, 0.3) is 0 Å². The summed E-state index contributed by atoms with van der Waals surface area (Å²) in [6.07, 6.45) is 2.23. The Morgan fingerprint density at radius 3 is 2.73 bits per heavy atom. The first-order valence-corrected chi connectivity index (χ1v) is 7.87. The van der Waals surface area contributed by atoms with Crippen LogP contribution in [0.4, 0.5) is 0 Å². The van der Waals surface area contributed by atoms with E-state index in [1.54, 1.807) is 6.07 Å². The van der Waals surface area contributed by atoms with Crippen LogP contribution in [-0.4, -0.2) is 21.0 Å². The van der Waals surface area contributed by atoms with Crippen LogP contribution in [0.15, 0.2) is 18.2 Å². The molecule has 114 valence electrons. The zero-order chi connectivity index (χ0) is 15.9. The average molecular weight is 316 g/mol. The van der Waals surface area contributed by atoms with Crippen molar-refractivity contribution >= 4 is 17.4 Å². The summed E-state index contributed by atoms with van der Waals surface area (Å²) in [7, 11) is 0. The molecule has 1 aliphatic rings. The van der Waals surface area contributed by atoms with E-state index in [1.807, 2.05) is 32.9 Å². The second-order valence-corrected chi connectivity index (χ2v) is 6.40. The standard InChI is InChI=1S/C17H18ClN3O/c1-4-11-5-6-13(21-20-11)17(3)8-7-12-15(16(17)22)10(2)9-14(18)19-12/h5-6,9H,4,7-8H2,1-3H3. The van der Waals surface area contributed by atoms with Crippen molar-refractivity contribution in [3.05, 3.63) is 51.6 Å². The summed E-state index contributed by atoms with van der Waals surface area (Å²) in [6.45, 7) is 5.88. The van der Waals surface area contributed by atoms with E-state index in [0.717, 1.165) is 35.5 Å². The molecular weight excluding hydrogens is 298 g/mol. The van der Waals surface area contributed by atoms with E-state index in [4.69, 9.17) is 11.6 Å². The van der Waals surface area contributed by atoms with Crippen molar-refractivity contribution in [2.75, 3.05) is 0 Å². The third-order valence-corrected chi connectivity index (χ3v) is 4.69. The van der Waals surface area contributed by atoms with Gasteiger partial charge >= 0.3 is 0 Å². The van der Waals surface area contributed by atoms with Gasteiger partial charge in [-0.3, -0.25) is 4.79 Å². The van der Waals surface area contributed by atoms with Gasteiger partial charge in [-0.2, -0.15) is 10.2 Å². The van der Waals surface area contributed by atoms with Crippen LogP contribution in [0.25, 0.3) is 0 Å². The number of pyridine rings is 1. The SMILES string of the molecule is CCc1ccc(C2(C)CCc3nc(Cl)cc(C)c3C2=O)nn1. The van der Waals surface area contributed by atoms with E-state index < -0.39 is 5.41 Å². The molecule has 0 fully saturated rings. The van der Waals surface area contributed by atoms with Crippen LogP contribution in [0.1, 0.15) is 53.3 Å². The Kier molecular flexibility index (Phi) is 3.73. The summed E-state index contributed by atoms with van der Waals surface area (Å²) >= 11 is 6.01. The number of aryl methyl sites for hydroxylation is 3. The zero-order valence-corrected chi connectivity index (χ0v) is 13.7. The first-order chi connectivity index (χ1) is 10.5. The molecule has 4 nitrogen and oxygen atoms in total. The molecule has 1 unspecified atom stereocenters. The molecule has 5 heteroatoms. The summed E-state index contributed by atoms with van der Waals surface area (Å²) in [5.41, 5.74) is 3.39. The summed E-state index contributed by atoms with van der Waals surface area (Å²) in [5.74, 6) is 0.0639. The van der Waals surface area contributed by atoms with Crippen molar-refractivity contribution in [2.24, 2.45) is 0 Å². The van der Waals surface area contributed by atoms with Crippen LogP contribution in [0.2, 0.25) is 5.15 Å². The second-order valence-electron chi connectivity index (χ2n) is 6.01. The molecule has 1 atom stereocenters. The van der Waals surface area contributed by atoms with E-state index in [-0.39, 0.29) is 5.78 Å². The predicted octanol–water partition coefficient (Wildman–Crippen LogP) is 3.48. The van der Waals surface area contributed by atoms with E-state index in [2.05, 4.69) is 15.2 Å². The van der Waals surface area contributed by atoms with E-state index >= 15 is 0 Å². The molecule has 22 heavy (non-hydrogen) atoms. The van der Waals surface area contributed by atoms with Gasteiger partial charge in [-0.25, -0.2) is 4.98 Å². The molecule has 0 spiro atoms. The lowest BCUT2D eigenvalue weighted by atomic mass is 9.70. The summed E-state index contributed by atoms with van der Waals surface area (Å²) in [4.78, 5) is 17.4. The number of hydrogen-bond donors (Lipinski definition) is 0. The number of Topliss-reactive ketones (excluding diaryl/α,β-unsaturated/α-hetero) is 1. The number of halogens is 1. The molecule has 0 aromatic carbocycles. The smallest absolute Gasteiger partial charge is 0.176 e. The molecule has 0 bridgehead atoms. The van der Waals surface area contributed by atoms with Gasteiger partial charge in [0.2, 0.25) is 0 Å². The first-order valence-electron chi connectivity index (χ1n) is 7.49. The number of rotatable bonds is 2. The average Bonchev–Trinajstić information content (AvgIpc) is 2.50. The second kappa shape index (κ2) is 5.43. The van der Waals surface area contributed by atoms with Gasteiger partial charge in [0.1, 0.15) is 5.15 Å². The first kappa shape index (κ1) is 15.1. The molecule has 0 aliphatic heterocycles. The zero-order valence-electron chi connectivity index (χ0n) is 13.0. The maximum absolute atomic E-state index is 13.1. The molecule has 0 radical (unpaired) electrons. The highest BCUT2D eigenvalue weighted by Crippen LogP contribution is 2.38. The molecule has 2 aromatic heterocycles. The van der Waals surface area contributed by atoms with Crippen LogP contribution in [0.3, 0.4) is 0 Å². The monoisotopic (exact) mass is 315 g/mol. The number of aromatic nitrogens is 3. The molecule has 3 rings (SSSR count). The highest BCUT2D eigenvalue weighted by molar-refractivity contribution is 6.29. The molecule has 0 saturated heterocycles. The van der Waals surface area contributed by atoms with Crippen molar-refractivity contribution in [3.8, 4) is 0 Å². The number of hydrogen-bond acceptors (Lipinski definition) is 4. The number of carbonyl (C=O) groups is 1. The molecule has 1 aliphatic carbocycles. The minimum absolute atomic E-state index is 0.0639. The van der Waals surface area contributed by atoms with E-state index in [0.29, 0.717) is 17.1 Å². The fraction of sp³-hybridized carbons (Fsp3) is 0.412. The Bertz CT molecular complexity index is 742. The van der Waals surface area contributed by atoms with Crippen LogP contribution in [-0.2, 0) is 18.3 Å². The quantitative estimate of drug-likeness (QED) is 0.796. The van der Waals surface area contributed by atoms with Gasteiger partial charge in [0.15, 0.2) is 5.78 Å². The normalized spacial score (nSPS) is 20.8. The Labute approximate surface area is 134 Å². The van der Waals surface area contributed by atoms with Crippen molar-refractivity contribution in [1.82, 2.24) is 15.2 Å². The van der Waals surface area contributed by atoms with E-state index in [1.165, 1.54) is 0 Å². The number of ketones is 1. The van der Waals surface area contributed by atoms with Gasteiger partial charge in [0, 0.05) is 5.56 Å². The lowest BCUT2D eigenvalue weighted by Gasteiger charge is -2.32. The summed E-state index contributed by atoms with van der Waals surface area (Å²) in [5, 5.41) is 8.95. The Morgan fingerprint density at radius 1 is 1.32 bits per heavy atom. The van der Waals surface area contributed by atoms with Crippen molar-refractivity contribution in [1.29, 1.82) is 0 Å². The highest BCUT2D eigenvalue weighted by atomic mass is 35.5. The molecule has 0 amide bonds. The minimum atomic E-state index is -0.646. The van der Waals surface area contributed by atoms with Gasteiger partial charge in [-0.1, -0.05) is 18.5 Å². The van der Waals surface area contributed by atoms with Gasteiger partial charge < -0.3 is 0 Å². The Balaban J connectivity index is 2.07. The molecule has 0 N–H and O–H groups in total. The Morgan fingerprint density at radius 2 is 2.09 bits per heavy atom. The number of nitrogens with zero attached hydrogens (tertiary/aromatic N) is 3. The van der Waals surface area contributed by atoms with Crippen LogP contribution in [0, 0.1) is 6.92 Å². The van der Waals surface area contributed by atoms with Gasteiger partial charge in [0.05, 0.1) is 22.5 Å². The minimum Gasteiger partial charge on any atom is -0.293 e. The lowest BCUT2D eigenvalue weighted by Crippen LogP contribution is -2.39. The van der Waals surface area contributed by atoms with Crippen molar-refractivity contribution in [2.45, 2.75) is 45.4 Å². The van der Waals surface area contributed by atoms with Crippen LogP contribution in [0.5, 0.6) is 0 Å². The largest absolute Gasteiger partial charge is 0.293 e. The lowest BCUT2D eigenvalue weighted by molar-refractivity contribution is 0.0869. The summed E-state index contributed by atoms with van der Waals surface area (Å²) in [6, 6.07) is 5.62. The summed E-state index contributed by atoms with van der Waals surface area (Å²) < 4.78 is 0. The van der Waals surface area contributed by atoms with Crippen molar-refractivity contribution < 1.29 is 4.79 Å². The number of carbonyl (C=O) groups excluding carboxylic acids is 1. The third-order valence-electron chi connectivity index (χ3n) is 4.50. The highest BCUT2D eigenvalue weighted by Gasteiger charge is 2.42. The maximum Gasteiger partial charge on any atom is 0.176 e. The maximum atomic E-state index is 13.1. The molecule has 0 saturated carbocycles. The number of fused-ring (bicyclic) bond motifs is 1. The van der Waals surface area contributed by atoms with E-state index in [9.17, 15) is 4.79 Å². The molecule has 2 heterocycles. The Hall–Kier alpha value is -1.81. The predicted molar refractivity (Wildman–Crippen MR) is 85.4 cm³/mol. The topological polar surface area (TPSA) is 55.7 Å². The van der Waals surface area contributed by atoms with Crippen molar-refractivity contribution in [3.63, 3.8) is 0 Å². The third kappa shape index (κ3) is 2.31. The fourth-order valence-electron chi connectivity index (χ4n) is 3.03. The molecule has 2 aromatic rings.